The van der Waals surface area contributed by atoms with Crippen LogP contribution in [0.1, 0.15) is 16.8 Å². The number of piperazine rings is 1. The number of hydrogen-bond acceptors (Lipinski definition) is 12. The van der Waals surface area contributed by atoms with Gasteiger partial charge in [-0.15, -0.1) is 0 Å². The first-order valence-corrected chi connectivity index (χ1v) is 20.0. The summed E-state index contributed by atoms with van der Waals surface area (Å²) in [5.74, 6) is 0.812. The van der Waals surface area contributed by atoms with Gasteiger partial charge in [-0.3, -0.25) is 9.88 Å². The summed E-state index contributed by atoms with van der Waals surface area (Å²) < 4.78 is 81.4. The van der Waals surface area contributed by atoms with E-state index >= 15 is 0 Å². The Balaban J connectivity index is 1.15. The molecule has 1 saturated heterocycles. The summed E-state index contributed by atoms with van der Waals surface area (Å²) in [6.07, 6.45) is -2.19. The first kappa shape index (κ1) is 42.0. The number of fused-ring (bicyclic) bond motifs is 1. The van der Waals surface area contributed by atoms with Crippen LogP contribution in [0, 0.1) is 12.7 Å². The second kappa shape index (κ2) is 18.8. The number of halogens is 5. The summed E-state index contributed by atoms with van der Waals surface area (Å²) in [4.78, 5) is 17.2. The van der Waals surface area contributed by atoms with Gasteiger partial charge in [0, 0.05) is 62.7 Å². The van der Waals surface area contributed by atoms with Crippen LogP contribution in [0.25, 0.3) is 32.5 Å². The number of alkyl halides is 3. The molecule has 1 aliphatic rings. The number of aliphatic hydroxyl groups excluding tert-OH is 1. The van der Waals surface area contributed by atoms with E-state index in [0.717, 1.165) is 43.9 Å². The number of rotatable bonds is 16. The second-order valence-corrected chi connectivity index (χ2v) is 15.2. The van der Waals surface area contributed by atoms with Crippen LogP contribution in [-0.2, 0) is 13.0 Å². The summed E-state index contributed by atoms with van der Waals surface area (Å²) in [5, 5.41) is 11.7. The van der Waals surface area contributed by atoms with Gasteiger partial charge in [-0.2, -0.15) is 22.5 Å². The first-order valence-electron chi connectivity index (χ1n) is 18.8. The van der Waals surface area contributed by atoms with Crippen LogP contribution in [0.15, 0.2) is 79.1 Å². The zero-order valence-electron chi connectivity index (χ0n) is 32.2. The van der Waals surface area contributed by atoms with Crippen molar-refractivity contribution in [3.8, 4) is 45.8 Å². The molecule has 0 spiro atoms. The lowest BCUT2D eigenvalue weighted by molar-refractivity contribution is -0.154. The van der Waals surface area contributed by atoms with Crippen LogP contribution in [0.5, 0.6) is 23.4 Å². The second-order valence-electron chi connectivity index (χ2n) is 14.0. The smallest absolute Gasteiger partial charge is 0.422 e. The largest absolute Gasteiger partial charge is 0.491 e. The maximum Gasteiger partial charge on any atom is 0.422 e. The van der Waals surface area contributed by atoms with Crippen LogP contribution in [0.4, 0.5) is 17.6 Å². The van der Waals surface area contributed by atoms with E-state index in [0.29, 0.717) is 61.3 Å². The Morgan fingerprint density at radius 2 is 1.76 bits per heavy atom. The van der Waals surface area contributed by atoms with Crippen molar-refractivity contribution < 1.29 is 41.6 Å². The van der Waals surface area contributed by atoms with Gasteiger partial charge >= 0.3 is 12.2 Å². The number of aliphatic hydroxyl groups is 1. The normalized spacial score (nSPS) is 14.4. The van der Waals surface area contributed by atoms with Crippen molar-refractivity contribution in [2.75, 3.05) is 59.6 Å². The summed E-state index contributed by atoms with van der Waals surface area (Å²) in [5.41, 5.74) is 4.08. The predicted octanol–water partition coefficient (Wildman–Crippen LogP) is 8.04. The number of benzene rings is 3. The Morgan fingerprint density at radius 1 is 0.949 bits per heavy atom. The summed E-state index contributed by atoms with van der Waals surface area (Å²) in [7, 11) is 2.12. The Kier molecular flexibility index (Phi) is 13.4. The van der Waals surface area contributed by atoms with Crippen molar-refractivity contribution >= 4 is 33.2 Å². The van der Waals surface area contributed by atoms with Gasteiger partial charge < -0.3 is 29.0 Å². The molecular weight excluding hydrogens is 812 g/mol. The number of hydrogen-bond donors (Lipinski definition) is 1. The topological polar surface area (TPSA) is 115 Å². The minimum atomic E-state index is -4.54. The van der Waals surface area contributed by atoms with E-state index in [1.54, 1.807) is 30.5 Å². The Hall–Kier alpha value is -5.13. The minimum absolute atomic E-state index is 0.0928. The standard InChI is InChI=1S/C42H41ClF4N6O5S/c1-26-32(10-11-34(38(26)43)55-19-18-53-16-14-52(2)15-17-53)36-37-35(22-49-39(36)28-7-5-8-29(44)20-28)59-51-40(37)58-31(23-54)21-27-6-3-4-9-33(27)56-24-30-12-13-48-41(50-30)57-25-42(45,46)47/h3-13,20,22,31,54H,14-19,21,23-25H2,1-2H3. The Bertz CT molecular complexity index is 2380. The number of nitrogens with zero attached hydrogens (tertiary/aromatic N) is 6. The van der Waals surface area contributed by atoms with E-state index in [9.17, 15) is 22.7 Å². The van der Waals surface area contributed by atoms with Gasteiger partial charge in [-0.05, 0) is 72.5 Å². The highest BCUT2D eigenvalue weighted by Gasteiger charge is 2.29. The molecule has 3 aromatic carbocycles. The highest BCUT2D eigenvalue weighted by molar-refractivity contribution is 7.13. The molecule has 7 rings (SSSR count). The molecule has 310 valence electrons. The molecular formula is C42H41ClF4N6O5S. The zero-order valence-corrected chi connectivity index (χ0v) is 33.8. The average molecular weight is 853 g/mol. The molecule has 0 bridgehead atoms. The molecule has 17 heteroatoms. The quantitative estimate of drug-likeness (QED) is 0.0955. The maximum atomic E-state index is 14.7. The lowest BCUT2D eigenvalue weighted by atomic mass is 9.93. The van der Waals surface area contributed by atoms with Crippen molar-refractivity contribution in [2.24, 2.45) is 0 Å². The maximum absolute atomic E-state index is 14.7. The summed E-state index contributed by atoms with van der Waals surface area (Å²) in [6.45, 7) is 5.10. The van der Waals surface area contributed by atoms with Crippen LogP contribution >= 0.6 is 23.1 Å². The third-order valence-electron chi connectivity index (χ3n) is 9.80. The number of para-hydroxylation sites is 1. The Morgan fingerprint density at radius 3 is 2.54 bits per heavy atom. The van der Waals surface area contributed by atoms with Crippen LogP contribution in [-0.4, -0.2) is 106 Å². The lowest BCUT2D eigenvalue weighted by Gasteiger charge is -2.32. The SMILES string of the molecule is Cc1c(-c2c(-c3cccc(F)c3)ncc3snc(OC(CO)Cc4ccccc4OCc4ccnc(OCC(F)(F)F)n4)c23)ccc(OCCN2CCN(C)CC2)c1Cl. The van der Waals surface area contributed by atoms with Gasteiger partial charge in [-0.25, -0.2) is 9.37 Å². The van der Waals surface area contributed by atoms with Gasteiger partial charge in [0.2, 0.25) is 5.88 Å². The zero-order chi connectivity index (χ0) is 41.5. The van der Waals surface area contributed by atoms with E-state index in [4.69, 9.17) is 30.8 Å². The summed E-state index contributed by atoms with van der Waals surface area (Å²) in [6, 6.07) is 18.1. The molecule has 1 N–H and O–H groups in total. The molecule has 0 radical (unpaired) electrons. The first-order chi connectivity index (χ1) is 28.5. The van der Waals surface area contributed by atoms with Gasteiger partial charge in [-0.1, -0.05) is 48.0 Å². The van der Waals surface area contributed by atoms with E-state index in [2.05, 4.69) is 35.9 Å². The van der Waals surface area contributed by atoms with Crippen LogP contribution in [0.3, 0.4) is 0 Å². The highest BCUT2D eigenvalue weighted by atomic mass is 35.5. The molecule has 0 amide bonds. The third-order valence-corrected chi connectivity index (χ3v) is 11.0. The number of likely N-dealkylation sites (N-methyl/N-ethyl adjacent to an activating group) is 1. The van der Waals surface area contributed by atoms with Crippen molar-refractivity contribution in [2.45, 2.75) is 32.2 Å². The van der Waals surface area contributed by atoms with E-state index in [1.807, 2.05) is 31.2 Å². The summed E-state index contributed by atoms with van der Waals surface area (Å²) >= 11 is 8.20. The van der Waals surface area contributed by atoms with Gasteiger partial charge in [0.1, 0.15) is 36.6 Å². The molecule has 3 aromatic heterocycles. The average Bonchev–Trinajstić information content (AvgIpc) is 3.64. The minimum Gasteiger partial charge on any atom is -0.491 e. The fourth-order valence-electron chi connectivity index (χ4n) is 6.69. The molecule has 1 aliphatic heterocycles. The number of aromatic nitrogens is 4. The van der Waals surface area contributed by atoms with Crippen molar-refractivity contribution in [3.05, 3.63) is 107 Å². The Labute approximate surface area is 347 Å². The van der Waals surface area contributed by atoms with Crippen molar-refractivity contribution in [1.29, 1.82) is 0 Å². The molecule has 0 saturated carbocycles. The molecule has 4 heterocycles. The number of pyridine rings is 1. The van der Waals surface area contributed by atoms with E-state index in [-0.39, 0.29) is 25.5 Å². The predicted molar refractivity (Wildman–Crippen MR) is 217 cm³/mol. The fourth-order valence-corrected chi connectivity index (χ4v) is 7.61. The van der Waals surface area contributed by atoms with Gasteiger partial charge in [0.05, 0.1) is 33.1 Å². The molecule has 6 aromatic rings. The highest BCUT2D eigenvalue weighted by Crippen LogP contribution is 2.46. The molecule has 1 atom stereocenters. The lowest BCUT2D eigenvalue weighted by Crippen LogP contribution is -2.45. The van der Waals surface area contributed by atoms with Crippen LogP contribution < -0.4 is 18.9 Å². The molecule has 11 nitrogen and oxygen atoms in total. The van der Waals surface area contributed by atoms with E-state index < -0.39 is 30.7 Å². The monoisotopic (exact) mass is 852 g/mol. The molecule has 0 aliphatic carbocycles. The number of ether oxygens (including phenoxy) is 4. The van der Waals surface area contributed by atoms with E-state index in [1.165, 1.54) is 35.9 Å². The van der Waals surface area contributed by atoms with Crippen molar-refractivity contribution in [1.82, 2.24) is 29.1 Å². The fraction of sp³-hybridized carbons (Fsp3) is 0.333. The van der Waals surface area contributed by atoms with Crippen molar-refractivity contribution in [3.63, 3.8) is 0 Å². The van der Waals surface area contributed by atoms with Gasteiger partial charge in [0.25, 0.3) is 0 Å². The molecule has 59 heavy (non-hydrogen) atoms. The third kappa shape index (κ3) is 10.6. The molecule has 1 unspecified atom stereocenters. The van der Waals surface area contributed by atoms with Gasteiger partial charge in [0.15, 0.2) is 6.61 Å². The molecule has 1 fully saturated rings. The van der Waals surface area contributed by atoms with Crippen LogP contribution in [0.2, 0.25) is 5.02 Å².